The average molecular weight is 279 g/mol. The van der Waals surface area contributed by atoms with Crippen molar-refractivity contribution in [2.75, 3.05) is 6.61 Å². The van der Waals surface area contributed by atoms with E-state index in [4.69, 9.17) is 0 Å². The number of carbonyl (C=O) groups excluding carboxylic acids is 1. The maximum Gasteiger partial charge on any atom is 0.259 e. The molecule has 21 heavy (non-hydrogen) atoms. The zero-order chi connectivity index (χ0) is 15.0. The predicted octanol–water partition coefficient (Wildman–Crippen LogP) is 3.02. The van der Waals surface area contributed by atoms with E-state index in [2.05, 4.69) is 6.58 Å². The number of amides is 1. The van der Waals surface area contributed by atoms with Gasteiger partial charge in [0.05, 0.1) is 12.1 Å². The molecule has 0 fully saturated rings. The Morgan fingerprint density at radius 2 is 1.62 bits per heavy atom. The molecule has 3 heteroatoms. The number of hydrogen-bond acceptors (Lipinski definition) is 2. The molecule has 0 saturated heterocycles. The van der Waals surface area contributed by atoms with E-state index in [-0.39, 0.29) is 12.5 Å². The van der Waals surface area contributed by atoms with Crippen molar-refractivity contribution in [1.82, 2.24) is 4.90 Å². The van der Waals surface area contributed by atoms with Crippen molar-refractivity contribution in [3.05, 3.63) is 77.9 Å². The van der Waals surface area contributed by atoms with E-state index in [0.29, 0.717) is 11.3 Å². The van der Waals surface area contributed by atoms with E-state index in [1.165, 1.54) is 0 Å². The minimum atomic E-state index is -0.825. The van der Waals surface area contributed by atoms with Crippen LogP contribution >= 0.6 is 0 Å². The van der Waals surface area contributed by atoms with Gasteiger partial charge < -0.3 is 5.11 Å². The van der Waals surface area contributed by atoms with E-state index in [0.717, 1.165) is 11.1 Å². The van der Waals surface area contributed by atoms with Crippen LogP contribution in [0.2, 0.25) is 0 Å². The third-order valence-corrected chi connectivity index (χ3v) is 4.14. The highest BCUT2D eigenvalue weighted by Gasteiger charge is 2.43. The van der Waals surface area contributed by atoms with E-state index in [1.807, 2.05) is 55.5 Å². The number of aliphatic hydroxyl groups is 1. The lowest BCUT2D eigenvalue weighted by molar-refractivity contribution is 0.0545. The molecule has 1 heterocycles. The van der Waals surface area contributed by atoms with Crippen LogP contribution in [0, 0.1) is 0 Å². The Bertz CT molecular complexity index is 673. The van der Waals surface area contributed by atoms with Gasteiger partial charge in [0.1, 0.15) is 0 Å². The lowest BCUT2D eigenvalue weighted by Gasteiger charge is -2.38. The Labute approximate surface area is 124 Å². The van der Waals surface area contributed by atoms with Crippen LogP contribution in [0.25, 0.3) is 5.70 Å². The smallest absolute Gasteiger partial charge is 0.259 e. The van der Waals surface area contributed by atoms with Gasteiger partial charge in [0, 0.05) is 16.8 Å². The van der Waals surface area contributed by atoms with E-state index in [1.54, 1.807) is 11.0 Å². The predicted molar refractivity (Wildman–Crippen MR) is 82.5 cm³/mol. The summed E-state index contributed by atoms with van der Waals surface area (Å²) >= 11 is 0. The third kappa shape index (κ3) is 1.89. The topological polar surface area (TPSA) is 40.5 Å². The first-order valence-corrected chi connectivity index (χ1v) is 6.89. The molecule has 0 spiro atoms. The highest BCUT2D eigenvalue weighted by molar-refractivity contribution is 6.09. The third-order valence-electron chi connectivity index (χ3n) is 4.14. The molecule has 0 radical (unpaired) electrons. The van der Waals surface area contributed by atoms with Crippen LogP contribution in [0.5, 0.6) is 0 Å². The quantitative estimate of drug-likeness (QED) is 0.938. The largest absolute Gasteiger partial charge is 0.394 e. The first-order chi connectivity index (χ1) is 10.1. The second-order valence-electron chi connectivity index (χ2n) is 5.43. The second-order valence-corrected chi connectivity index (χ2v) is 5.43. The maximum atomic E-state index is 12.7. The molecule has 106 valence electrons. The summed E-state index contributed by atoms with van der Waals surface area (Å²) in [5, 5.41) is 9.98. The standard InChI is InChI=1S/C18H17NO2/c1-13-15-10-6-7-11-16(15)17(21)19(13)18(2,12-20)14-8-4-3-5-9-14/h3-11,20H,1,12H2,2H3. The second kappa shape index (κ2) is 4.86. The van der Waals surface area contributed by atoms with Gasteiger partial charge in [-0.25, -0.2) is 0 Å². The van der Waals surface area contributed by atoms with E-state index >= 15 is 0 Å². The van der Waals surface area contributed by atoms with Crippen LogP contribution in [0.15, 0.2) is 61.2 Å². The minimum Gasteiger partial charge on any atom is -0.394 e. The van der Waals surface area contributed by atoms with Crippen molar-refractivity contribution in [2.24, 2.45) is 0 Å². The lowest BCUT2D eigenvalue weighted by Crippen LogP contribution is -2.46. The van der Waals surface area contributed by atoms with Crippen LogP contribution in [-0.2, 0) is 5.54 Å². The zero-order valence-corrected chi connectivity index (χ0v) is 11.9. The first-order valence-electron chi connectivity index (χ1n) is 6.89. The highest BCUT2D eigenvalue weighted by Crippen LogP contribution is 2.41. The molecular formula is C18H17NO2. The molecule has 0 aliphatic carbocycles. The van der Waals surface area contributed by atoms with Gasteiger partial charge in [-0.15, -0.1) is 0 Å². The minimum absolute atomic E-state index is 0.115. The van der Waals surface area contributed by atoms with Gasteiger partial charge in [-0.1, -0.05) is 55.1 Å². The summed E-state index contributed by atoms with van der Waals surface area (Å²) in [6.07, 6.45) is 0. The van der Waals surface area contributed by atoms with Crippen molar-refractivity contribution in [3.8, 4) is 0 Å². The Kier molecular flexibility index (Phi) is 3.15. The molecule has 1 aliphatic heterocycles. The molecule has 1 N–H and O–H groups in total. The molecular weight excluding hydrogens is 262 g/mol. The normalized spacial score (nSPS) is 16.8. The summed E-state index contributed by atoms with van der Waals surface area (Å²) in [4.78, 5) is 14.3. The number of rotatable bonds is 3. The SMILES string of the molecule is C=C1c2ccccc2C(=O)N1C(C)(CO)c1ccccc1. The summed E-state index contributed by atoms with van der Waals surface area (Å²) < 4.78 is 0. The van der Waals surface area contributed by atoms with Crippen molar-refractivity contribution in [2.45, 2.75) is 12.5 Å². The van der Waals surface area contributed by atoms with Gasteiger partial charge in [-0.05, 0) is 18.6 Å². The van der Waals surface area contributed by atoms with Crippen LogP contribution in [-0.4, -0.2) is 22.5 Å². The van der Waals surface area contributed by atoms with Gasteiger partial charge in [-0.2, -0.15) is 0 Å². The Morgan fingerprint density at radius 3 is 2.19 bits per heavy atom. The van der Waals surface area contributed by atoms with Gasteiger partial charge >= 0.3 is 0 Å². The fraction of sp³-hybridized carbons (Fsp3) is 0.167. The fourth-order valence-corrected chi connectivity index (χ4v) is 2.90. The summed E-state index contributed by atoms with van der Waals surface area (Å²) in [6, 6.07) is 17.0. The number of benzene rings is 2. The lowest BCUT2D eigenvalue weighted by atomic mass is 9.90. The van der Waals surface area contributed by atoms with Crippen LogP contribution in [0.3, 0.4) is 0 Å². The van der Waals surface area contributed by atoms with E-state index in [9.17, 15) is 9.90 Å². The Hall–Kier alpha value is -2.39. The zero-order valence-electron chi connectivity index (χ0n) is 11.9. The fourth-order valence-electron chi connectivity index (χ4n) is 2.90. The monoisotopic (exact) mass is 279 g/mol. The van der Waals surface area contributed by atoms with Crippen LogP contribution in [0.1, 0.15) is 28.4 Å². The van der Waals surface area contributed by atoms with Gasteiger partial charge in [0.15, 0.2) is 0 Å². The summed E-state index contributed by atoms with van der Waals surface area (Å²) in [5.41, 5.74) is 2.16. The van der Waals surface area contributed by atoms with Crippen molar-refractivity contribution in [3.63, 3.8) is 0 Å². The molecule has 1 unspecified atom stereocenters. The highest BCUT2D eigenvalue weighted by atomic mass is 16.3. The number of aliphatic hydroxyl groups excluding tert-OH is 1. The number of hydrogen-bond donors (Lipinski definition) is 1. The van der Waals surface area contributed by atoms with Crippen molar-refractivity contribution in [1.29, 1.82) is 0 Å². The number of carbonyl (C=O) groups is 1. The van der Waals surface area contributed by atoms with Gasteiger partial charge in [0.25, 0.3) is 5.91 Å². The van der Waals surface area contributed by atoms with E-state index < -0.39 is 5.54 Å². The molecule has 2 aromatic carbocycles. The Morgan fingerprint density at radius 1 is 1.05 bits per heavy atom. The molecule has 3 nitrogen and oxygen atoms in total. The molecule has 1 amide bonds. The summed E-state index contributed by atoms with van der Waals surface area (Å²) in [5.74, 6) is -0.115. The summed E-state index contributed by atoms with van der Waals surface area (Å²) in [7, 11) is 0. The molecule has 0 bridgehead atoms. The molecule has 1 atom stereocenters. The van der Waals surface area contributed by atoms with Crippen molar-refractivity contribution >= 4 is 11.6 Å². The van der Waals surface area contributed by atoms with Crippen LogP contribution in [0.4, 0.5) is 0 Å². The van der Waals surface area contributed by atoms with Crippen LogP contribution < -0.4 is 0 Å². The molecule has 3 rings (SSSR count). The molecule has 2 aromatic rings. The number of nitrogens with zero attached hydrogens (tertiary/aromatic N) is 1. The van der Waals surface area contributed by atoms with Crippen molar-refractivity contribution < 1.29 is 9.90 Å². The molecule has 0 saturated carbocycles. The number of fused-ring (bicyclic) bond motifs is 1. The molecule has 0 aromatic heterocycles. The van der Waals surface area contributed by atoms with Gasteiger partial charge in [0.2, 0.25) is 0 Å². The first kappa shape index (κ1) is 13.6. The van der Waals surface area contributed by atoms with Gasteiger partial charge in [-0.3, -0.25) is 9.69 Å². The Balaban J connectivity index is 2.12. The average Bonchev–Trinajstić information content (AvgIpc) is 2.80. The maximum absolute atomic E-state index is 12.7. The molecule has 1 aliphatic rings. The summed E-state index contributed by atoms with van der Waals surface area (Å²) in [6.45, 7) is 5.75.